The van der Waals surface area contributed by atoms with Gasteiger partial charge in [0.1, 0.15) is 12.4 Å². The molecule has 2 N–H and O–H groups in total. The summed E-state index contributed by atoms with van der Waals surface area (Å²) in [5.41, 5.74) is 0. The molecule has 0 fully saturated rings. The average molecular weight is 219 g/mol. The predicted octanol–water partition coefficient (Wildman–Crippen LogP) is 0.797. The number of H-pyrrole nitrogens is 1. The molecule has 0 aliphatic carbocycles. The molecular weight excluding hydrogens is 204 g/mol. The van der Waals surface area contributed by atoms with Gasteiger partial charge in [0, 0.05) is 13.3 Å². The van der Waals surface area contributed by atoms with Gasteiger partial charge in [-0.3, -0.25) is 4.55 Å². The molecule has 0 radical (unpaired) electrons. The van der Waals surface area contributed by atoms with E-state index in [0.717, 1.165) is 0 Å². The molecule has 0 saturated heterocycles. The number of hydrogen-bond acceptors (Lipinski definition) is 2. The maximum Gasteiger partial charge on any atom is 0.307 e. The van der Waals surface area contributed by atoms with Gasteiger partial charge in [0.25, 0.3) is 5.82 Å². The highest BCUT2D eigenvalue weighted by Gasteiger charge is 2.29. The van der Waals surface area contributed by atoms with E-state index in [4.69, 9.17) is 4.55 Å². The molecular formula is C8H15N2O3S+. The molecule has 1 rings (SSSR count). The minimum absolute atomic E-state index is 0.405. The number of nitrogens with zero attached hydrogens (tertiary/aromatic N) is 1. The van der Waals surface area contributed by atoms with E-state index in [-0.39, 0.29) is 0 Å². The predicted molar refractivity (Wildman–Crippen MR) is 51.2 cm³/mol. The lowest BCUT2D eigenvalue weighted by Crippen LogP contribution is -2.44. The Morgan fingerprint density at radius 3 is 2.64 bits per heavy atom. The van der Waals surface area contributed by atoms with Crippen molar-refractivity contribution in [1.82, 2.24) is 4.98 Å². The first-order valence-electron chi connectivity index (χ1n) is 4.48. The van der Waals surface area contributed by atoms with Crippen molar-refractivity contribution < 1.29 is 17.5 Å². The summed E-state index contributed by atoms with van der Waals surface area (Å²) in [6.45, 7) is 3.63. The summed E-state index contributed by atoms with van der Waals surface area (Å²) in [7, 11) is -4.03. The van der Waals surface area contributed by atoms with Gasteiger partial charge >= 0.3 is 10.1 Å². The maximum atomic E-state index is 11.1. The quantitative estimate of drug-likeness (QED) is 0.581. The van der Waals surface area contributed by atoms with E-state index in [1.165, 1.54) is 4.57 Å². The lowest BCUT2D eigenvalue weighted by atomic mass is 10.3. The van der Waals surface area contributed by atoms with Crippen LogP contribution in [0, 0.1) is 6.92 Å². The molecule has 6 heteroatoms. The summed E-state index contributed by atoms with van der Waals surface area (Å²) in [6, 6.07) is 0. The van der Waals surface area contributed by atoms with Crippen LogP contribution in [0.3, 0.4) is 0 Å². The topological polar surface area (TPSA) is 74.0 Å². The van der Waals surface area contributed by atoms with E-state index >= 15 is 0 Å². The highest BCUT2D eigenvalue weighted by molar-refractivity contribution is 7.85. The van der Waals surface area contributed by atoms with E-state index in [1.54, 1.807) is 19.3 Å². The molecule has 0 aliphatic rings. The fourth-order valence-corrected chi connectivity index (χ4v) is 2.46. The zero-order valence-electron chi connectivity index (χ0n) is 8.27. The second-order valence-electron chi connectivity index (χ2n) is 3.21. The summed E-state index contributed by atoms with van der Waals surface area (Å²) >= 11 is 0. The standard InChI is InChI=1S/C8H14N2O3S/c1-3-4-8(14(11,12)13)10-6-5-9-7(10)2/h5-6,8H,3-4H2,1-2H3,(H,11,12,13)/p+1. The highest BCUT2D eigenvalue weighted by atomic mass is 32.2. The minimum atomic E-state index is -4.03. The third kappa shape index (κ3) is 2.33. The van der Waals surface area contributed by atoms with Crippen molar-refractivity contribution >= 4 is 10.1 Å². The van der Waals surface area contributed by atoms with Crippen LogP contribution in [0.25, 0.3) is 0 Å². The zero-order chi connectivity index (χ0) is 10.8. The Labute approximate surface area is 83.5 Å². The highest BCUT2D eigenvalue weighted by Crippen LogP contribution is 2.13. The minimum Gasteiger partial charge on any atom is -0.282 e. The molecule has 5 nitrogen and oxygen atoms in total. The first-order valence-corrected chi connectivity index (χ1v) is 5.98. The Morgan fingerprint density at radius 2 is 2.29 bits per heavy atom. The average Bonchev–Trinajstić information content (AvgIpc) is 2.45. The Kier molecular flexibility index (Phi) is 3.28. The van der Waals surface area contributed by atoms with Gasteiger partial charge in [-0.15, -0.1) is 0 Å². The van der Waals surface area contributed by atoms with Gasteiger partial charge < -0.3 is 0 Å². The second-order valence-corrected chi connectivity index (χ2v) is 4.79. The molecule has 14 heavy (non-hydrogen) atoms. The van der Waals surface area contributed by atoms with Gasteiger partial charge in [0.15, 0.2) is 0 Å². The lowest BCUT2D eigenvalue weighted by Gasteiger charge is -2.09. The smallest absolute Gasteiger partial charge is 0.282 e. The van der Waals surface area contributed by atoms with Crippen LogP contribution in [0.2, 0.25) is 0 Å². The molecule has 1 aromatic rings. The fraction of sp³-hybridized carbons (Fsp3) is 0.625. The first kappa shape index (κ1) is 11.2. The van der Waals surface area contributed by atoms with Gasteiger partial charge in [-0.2, -0.15) is 8.42 Å². The fourth-order valence-electron chi connectivity index (χ4n) is 1.41. The first-order chi connectivity index (χ1) is 6.46. The van der Waals surface area contributed by atoms with Gasteiger partial charge in [-0.1, -0.05) is 13.3 Å². The molecule has 0 aromatic carbocycles. The summed E-state index contributed by atoms with van der Waals surface area (Å²) in [6.07, 6.45) is 4.36. The third-order valence-electron chi connectivity index (χ3n) is 2.10. The Bertz CT molecular complexity index is 396. The maximum absolute atomic E-state index is 11.1. The second kappa shape index (κ2) is 4.10. The number of rotatable bonds is 4. The number of hydrogen-bond donors (Lipinski definition) is 2. The van der Waals surface area contributed by atoms with Crippen LogP contribution in [0.1, 0.15) is 31.0 Å². The molecule has 0 amide bonds. The summed E-state index contributed by atoms with van der Waals surface area (Å²) in [5.74, 6) is 0.709. The molecule has 0 bridgehead atoms. The van der Waals surface area contributed by atoms with Crippen molar-refractivity contribution in [3.05, 3.63) is 18.2 Å². The van der Waals surface area contributed by atoms with Gasteiger partial charge in [-0.05, 0) is 0 Å². The number of aromatic amines is 1. The number of aryl methyl sites for hydroxylation is 1. The monoisotopic (exact) mass is 219 g/mol. The molecule has 1 aromatic heterocycles. The van der Waals surface area contributed by atoms with Crippen LogP contribution in [-0.2, 0) is 10.1 Å². The Balaban J connectivity index is 3.07. The molecule has 0 saturated carbocycles. The van der Waals surface area contributed by atoms with Crippen LogP contribution in [-0.4, -0.2) is 18.0 Å². The van der Waals surface area contributed by atoms with Gasteiger partial charge in [-0.25, -0.2) is 9.55 Å². The van der Waals surface area contributed by atoms with Crippen molar-refractivity contribution in [3.8, 4) is 0 Å². The van der Waals surface area contributed by atoms with Crippen LogP contribution in [0.15, 0.2) is 12.4 Å². The van der Waals surface area contributed by atoms with Crippen LogP contribution in [0.5, 0.6) is 0 Å². The van der Waals surface area contributed by atoms with Crippen LogP contribution < -0.4 is 4.57 Å². The van der Waals surface area contributed by atoms with Crippen molar-refractivity contribution in [3.63, 3.8) is 0 Å². The van der Waals surface area contributed by atoms with Gasteiger partial charge in [0.05, 0.1) is 0 Å². The van der Waals surface area contributed by atoms with E-state index in [9.17, 15) is 8.42 Å². The molecule has 1 heterocycles. The molecule has 80 valence electrons. The van der Waals surface area contributed by atoms with Gasteiger partial charge in [0.2, 0.25) is 5.37 Å². The van der Waals surface area contributed by atoms with Crippen molar-refractivity contribution in [2.45, 2.75) is 32.1 Å². The van der Waals surface area contributed by atoms with Crippen molar-refractivity contribution in [1.29, 1.82) is 0 Å². The van der Waals surface area contributed by atoms with E-state index < -0.39 is 15.5 Å². The summed E-state index contributed by atoms with van der Waals surface area (Å²) < 4.78 is 32.8. The normalized spacial score (nSPS) is 14.2. The SMILES string of the molecule is CCCC([n+]1cc[nH]c1C)S(=O)(=O)O. The van der Waals surface area contributed by atoms with Crippen molar-refractivity contribution in [2.24, 2.45) is 0 Å². The number of imidazole rings is 1. The molecule has 0 aliphatic heterocycles. The van der Waals surface area contributed by atoms with E-state index in [2.05, 4.69) is 4.98 Å². The largest absolute Gasteiger partial charge is 0.307 e. The Hall–Kier alpha value is -0.880. The molecule has 1 unspecified atom stereocenters. The Morgan fingerprint density at radius 1 is 1.64 bits per heavy atom. The van der Waals surface area contributed by atoms with Crippen LogP contribution >= 0.6 is 0 Å². The number of nitrogens with one attached hydrogen (secondary N) is 1. The lowest BCUT2D eigenvalue weighted by molar-refractivity contribution is -0.707. The summed E-state index contributed by atoms with van der Waals surface area (Å²) in [4.78, 5) is 2.87. The molecule has 0 spiro atoms. The zero-order valence-corrected chi connectivity index (χ0v) is 9.08. The summed E-state index contributed by atoms with van der Waals surface area (Å²) in [5, 5.41) is -0.876. The van der Waals surface area contributed by atoms with Crippen molar-refractivity contribution in [2.75, 3.05) is 0 Å². The third-order valence-corrected chi connectivity index (χ3v) is 3.25. The van der Waals surface area contributed by atoms with E-state index in [1.807, 2.05) is 6.92 Å². The number of aromatic nitrogens is 2. The molecule has 1 atom stereocenters. The van der Waals surface area contributed by atoms with Crippen LogP contribution in [0.4, 0.5) is 0 Å². The van der Waals surface area contributed by atoms with E-state index in [0.29, 0.717) is 18.7 Å².